The van der Waals surface area contributed by atoms with Gasteiger partial charge in [-0.3, -0.25) is 4.79 Å². The van der Waals surface area contributed by atoms with Gasteiger partial charge < -0.3 is 10.6 Å². The van der Waals surface area contributed by atoms with Gasteiger partial charge in [-0.2, -0.15) is 0 Å². The van der Waals surface area contributed by atoms with E-state index in [-0.39, 0.29) is 12.1 Å². The third-order valence-electron chi connectivity index (χ3n) is 3.53. The molecule has 2 heterocycles. The molecule has 0 bridgehead atoms. The van der Waals surface area contributed by atoms with E-state index >= 15 is 0 Å². The third-order valence-corrected chi connectivity index (χ3v) is 4.89. The fourth-order valence-electron chi connectivity index (χ4n) is 2.27. The first-order chi connectivity index (χ1) is 9.54. The number of anilines is 1. The Kier molecular flexibility index (Phi) is 3.26. The van der Waals surface area contributed by atoms with Gasteiger partial charge in [0, 0.05) is 4.88 Å². The van der Waals surface area contributed by atoms with Gasteiger partial charge in [0.1, 0.15) is 11.2 Å². The van der Waals surface area contributed by atoms with Crippen molar-refractivity contribution in [3.05, 3.63) is 51.9 Å². The number of hydrogen-bond donors (Lipinski definition) is 2. The number of aryl methyl sites for hydroxylation is 1. The predicted octanol–water partition coefficient (Wildman–Crippen LogP) is 4.03. The smallest absolute Gasteiger partial charge is 0.256 e. The highest BCUT2D eigenvalue weighted by atomic mass is 32.1. The molecule has 0 radical (unpaired) electrons. The molecule has 3 nitrogen and oxygen atoms in total. The number of thiophene rings is 1. The van der Waals surface area contributed by atoms with Crippen molar-refractivity contribution in [1.82, 2.24) is 5.32 Å². The van der Waals surface area contributed by atoms with Gasteiger partial charge >= 0.3 is 0 Å². The Morgan fingerprint density at radius 3 is 2.50 bits per heavy atom. The van der Waals surface area contributed by atoms with Gasteiger partial charge in [-0.05, 0) is 24.5 Å². The summed E-state index contributed by atoms with van der Waals surface area (Å²) < 4.78 is 0. The Bertz CT molecular complexity index is 643. The molecule has 0 unspecified atom stereocenters. The van der Waals surface area contributed by atoms with Crippen molar-refractivity contribution in [2.24, 2.45) is 0 Å². The number of amides is 1. The Labute approximate surface area is 123 Å². The molecule has 2 N–H and O–H groups in total. The van der Waals surface area contributed by atoms with Gasteiger partial charge in [0.15, 0.2) is 0 Å². The SMILES string of the molecule is Cc1ccc([C@@H]2NC(=O)c3cc(C(C)C)sc3N2)cc1. The lowest BCUT2D eigenvalue weighted by Gasteiger charge is -2.26. The molecule has 1 amide bonds. The first-order valence-electron chi connectivity index (χ1n) is 6.82. The molecule has 1 atom stereocenters. The van der Waals surface area contributed by atoms with Crippen molar-refractivity contribution in [1.29, 1.82) is 0 Å². The molecule has 1 aromatic carbocycles. The second kappa shape index (κ2) is 4.94. The van der Waals surface area contributed by atoms with Gasteiger partial charge in [0.25, 0.3) is 5.91 Å². The number of carbonyl (C=O) groups is 1. The van der Waals surface area contributed by atoms with Crippen LogP contribution in [0.3, 0.4) is 0 Å². The van der Waals surface area contributed by atoms with Gasteiger partial charge in [-0.15, -0.1) is 11.3 Å². The van der Waals surface area contributed by atoms with Crippen molar-refractivity contribution in [3.8, 4) is 0 Å². The molecule has 1 aliphatic rings. The van der Waals surface area contributed by atoms with Gasteiger partial charge in [0.2, 0.25) is 0 Å². The van der Waals surface area contributed by atoms with E-state index in [0.717, 1.165) is 16.1 Å². The number of rotatable bonds is 2. The Hall–Kier alpha value is -1.81. The van der Waals surface area contributed by atoms with Crippen molar-refractivity contribution >= 4 is 22.2 Å². The minimum Gasteiger partial charge on any atom is -0.353 e. The zero-order valence-electron chi connectivity index (χ0n) is 11.9. The fraction of sp³-hybridized carbons (Fsp3) is 0.312. The molecule has 0 saturated carbocycles. The first kappa shape index (κ1) is 13.2. The van der Waals surface area contributed by atoms with E-state index in [2.05, 4.69) is 55.7 Å². The number of benzene rings is 1. The number of hydrogen-bond acceptors (Lipinski definition) is 3. The summed E-state index contributed by atoms with van der Waals surface area (Å²) in [5.74, 6) is 0.450. The van der Waals surface area contributed by atoms with E-state index in [9.17, 15) is 4.79 Å². The highest BCUT2D eigenvalue weighted by Crippen LogP contribution is 2.37. The van der Waals surface area contributed by atoms with Crippen molar-refractivity contribution in [2.45, 2.75) is 32.9 Å². The van der Waals surface area contributed by atoms with Crippen LogP contribution in [-0.2, 0) is 0 Å². The fourth-order valence-corrected chi connectivity index (χ4v) is 3.36. The van der Waals surface area contributed by atoms with Crippen LogP contribution in [0.25, 0.3) is 0 Å². The van der Waals surface area contributed by atoms with E-state index < -0.39 is 0 Å². The van der Waals surface area contributed by atoms with E-state index in [1.165, 1.54) is 10.4 Å². The monoisotopic (exact) mass is 286 g/mol. The molecular weight excluding hydrogens is 268 g/mol. The normalized spacial score (nSPS) is 17.6. The maximum Gasteiger partial charge on any atom is 0.256 e. The number of nitrogens with one attached hydrogen (secondary N) is 2. The largest absolute Gasteiger partial charge is 0.353 e. The Morgan fingerprint density at radius 2 is 1.85 bits per heavy atom. The lowest BCUT2D eigenvalue weighted by Crippen LogP contribution is -2.37. The van der Waals surface area contributed by atoms with Crippen LogP contribution in [-0.4, -0.2) is 5.91 Å². The van der Waals surface area contributed by atoms with Crippen LogP contribution >= 0.6 is 11.3 Å². The summed E-state index contributed by atoms with van der Waals surface area (Å²) in [4.78, 5) is 13.5. The lowest BCUT2D eigenvalue weighted by molar-refractivity contribution is 0.0936. The summed E-state index contributed by atoms with van der Waals surface area (Å²) >= 11 is 1.68. The van der Waals surface area contributed by atoms with Crippen molar-refractivity contribution < 1.29 is 4.79 Å². The third kappa shape index (κ3) is 2.31. The molecule has 104 valence electrons. The van der Waals surface area contributed by atoms with Crippen LogP contribution in [0.5, 0.6) is 0 Å². The molecule has 2 aromatic rings. The van der Waals surface area contributed by atoms with Gasteiger partial charge in [-0.25, -0.2) is 0 Å². The van der Waals surface area contributed by atoms with E-state index in [4.69, 9.17) is 0 Å². The quantitative estimate of drug-likeness (QED) is 0.875. The second-order valence-corrected chi connectivity index (χ2v) is 6.59. The summed E-state index contributed by atoms with van der Waals surface area (Å²) in [7, 11) is 0. The van der Waals surface area contributed by atoms with Gasteiger partial charge in [-0.1, -0.05) is 43.7 Å². The second-order valence-electron chi connectivity index (χ2n) is 5.51. The van der Waals surface area contributed by atoms with Crippen LogP contribution < -0.4 is 10.6 Å². The predicted molar refractivity (Wildman–Crippen MR) is 83.4 cm³/mol. The average Bonchev–Trinajstić information content (AvgIpc) is 2.84. The molecule has 0 saturated heterocycles. The van der Waals surface area contributed by atoms with Crippen molar-refractivity contribution in [3.63, 3.8) is 0 Å². The summed E-state index contributed by atoms with van der Waals surface area (Å²) in [6.45, 7) is 6.35. The summed E-state index contributed by atoms with van der Waals surface area (Å²) in [5, 5.41) is 7.42. The van der Waals surface area contributed by atoms with E-state index in [1.54, 1.807) is 11.3 Å². The summed E-state index contributed by atoms with van der Waals surface area (Å²) in [6.07, 6.45) is -0.144. The first-order valence-corrected chi connectivity index (χ1v) is 7.64. The highest BCUT2D eigenvalue weighted by Gasteiger charge is 2.27. The molecule has 3 rings (SSSR count). The van der Waals surface area contributed by atoms with Crippen LogP contribution in [0.2, 0.25) is 0 Å². The minimum atomic E-state index is -0.144. The lowest BCUT2D eigenvalue weighted by atomic mass is 10.1. The molecule has 1 aliphatic heterocycles. The number of carbonyl (C=O) groups excluding carboxylic acids is 1. The average molecular weight is 286 g/mol. The van der Waals surface area contributed by atoms with Crippen LogP contribution in [0.4, 0.5) is 5.00 Å². The van der Waals surface area contributed by atoms with E-state index in [0.29, 0.717) is 5.92 Å². The highest BCUT2D eigenvalue weighted by molar-refractivity contribution is 7.16. The van der Waals surface area contributed by atoms with E-state index in [1.807, 2.05) is 6.07 Å². The number of fused-ring (bicyclic) bond motifs is 1. The van der Waals surface area contributed by atoms with Crippen LogP contribution in [0, 0.1) is 6.92 Å². The van der Waals surface area contributed by atoms with Crippen molar-refractivity contribution in [2.75, 3.05) is 5.32 Å². The Balaban J connectivity index is 1.92. The molecule has 0 aliphatic carbocycles. The molecule has 0 fully saturated rings. The zero-order valence-corrected chi connectivity index (χ0v) is 12.7. The molecule has 1 aromatic heterocycles. The van der Waals surface area contributed by atoms with Crippen LogP contribution in [0.1, 0.15) is 52.3 Å². The summed E-state index contributed by atoms with van der Waals surface area (Å²) in [5.41, 5.74) is 3.06. The standard InChI is InChI=1S/C16H18N2OS/c1-9(2)13-8-12-15(19)17-14(18-16(12)20-13)11-6-4-10(3)5-7-11/h4-9,14,18H,1-3H3,(H,17,19)/t14-/m1/s1. The maximum atomic E-state index is 12.2. The maximum absolute atomic E-state index is 12.2. The molecule has 0 spiro atoms. The topological polar surface area (TPSA) is 41.1 Å². The molecule has 20 heavy (non-hydrogen) atoms. The molecule has 4 heteroatoms. The minimum absolute atomic E-state index is 0.00692. The van der Waals surface area contributed by atoms with Gasteiger partial charge in [0.05, 0.1) is 5.56 Å². The molecular formula is C16H18N2OS. The Morgan fingerprint density at radius 1 is 1.15 bits per heavy atom. The summed E-state index contributed by atoms with van der Waals surface area (Å²) in [6, 6.07) is 10.2. The van der Waals surface area contributed by atoms with Crippen LogP contribution in [0.15, 0.2) is 30.3 Å². The zero-order chi connectivity index (χ0) is 14.3.